The molecule has 1 N–H and O–H groups in total. The van der Waals surface area contributed by atoms with E-state index < -0.39 is 9.84 Å². The second-order valence-electron chi connectivity index (χ2n) is 5.08. The van der Waals surface area contributed by atoms with Crippen molar-refractivity contribution in [1.29, 1.82) is 0 Å². The van der Waals surface area contributed by atoms with Crippen molar-refractivity contribution in [2.75, 3.05) is 0 Å². The van der Waals surface area contributed by atoms with Gasteiger partial charge in [-0.25, -0.2) is 8.42 Å². The molecule has 0 spiro atoms. The molecule has 0 fully saturated rings. The molecule has 0 aliphatic carbocycles. The monoisotopic (exact) mass is 254 g/mol. The second-order valence-corrected chi connectivity index (χ2v) is 6.88. The molecule has 1 rings (SSSR count). The van der Waals surface area contributed by atoms with Crippen LogP contribution in [0.1, 0.15) is 33.3 Å². The van der Waals surface area contributed by atoms with Gasteiger partial charge in [0, 0.05) is 0 Å². The van der Waals surface area contributed by atoms with E-state index in [0.717, 1.165) is 11.0 Å². The molecule has 17 heavy (non-hydrogen) atoms. The van der Waals surface area contributed by atoms with E-state index in [4.69, 9.17) is 5.11 Å². The summed E-state index contributed by atoms with van der Waals surface area (Å²) in [5.74, 6) is -0.218. The van der Waals surface area contributed by atoms with Gasteiger partial charge in [-0.2, -0.15) is 0 Å². The van der Waals surface area contributed by atoms with E-state index in [-0.39, 0.29) is 16.1 Å². The van der Waals surface area contributed by atoms with E-state index in [1.54, 1.807) is 24.3 Å². The SMILES string of the molecule is CC(O)=CS(=O)(=O)c1ccc(C(C)(C)C)cc1. The van der Waals surface area contributed by atoms with E-state index in [9.17, 15) is 8.42 Å². The van der Waals surface area contributed by atoms with E-state index in [0.29, 0.717) is 0 Å². The highest BCUT2D eigenvalue weighted by molar-refractivity contribution is 7.94. The van der Waals surface area contributed by atoms with Crippen LogP contribution < -0.4 is 0 Å². The van der Waals surface area contributed by atoms with Crippen LogP contribution in [-0.4, -0.2) is 13.5 Å². The molecule has 0 radical (unpaired) electrons. The van der Waals surface area contributed by atoms with E-state index in [1.807, 2.05) is 0 Å². The van der Waals surface area contributed by atoms with Crippen molar-refractivity contribution in [3.8, 4) is 0 Å². The minimum absolute atomic E-state index is 0.00890. The van der Waals surface area contributed by atoms with Crippen LogP contribution in [-0.2, 0) is 15.3 Å². The number of hydrogen-bond acceptors (Lipinski definition) is 3. The molecule has 3 nitrogen and oxygen atoms in total. The zero-order valence-corrected chi connectivity index (χ0v) is 11.4. The van der Waals surface area contributed by atoms with Crippen molar-refractivity contribution in [3.05, 3.63) is 41.0 Å². The third-order valence-corrected chi connectivity index (χ3v) is 3.96. The van der Waals surface area contributed by atoms with Gasteiger partial charge in [0.05, 0.1) is 10.3 Å². The second kappa shape index (κ2) is 4.53. The summed E-state index contributed by atoms with van der Waals surface area (Å²) in [6, 6.07) is 6.73. The summed E-state index contributed by atoms with van der Waals surface area (Å²) in [7, 11) is -3.53. The van der Waals surface area contributed by atoms with Gasteiger partial charge in [0.15, 0.2) is 0 Å². The molecule has 0 amide bonds. The molecular weight excluding hydrogens is 236 g/mol. The zero-order chi connectivity index (χ0) is 13.3. The Hall–Kier alpha value is -1.29. The topological polar surface area (TPSA) is 54.4 Å². The highest BCUT2D eigenvalue weighted by Crippen LogP contribution is 2.24. The average Bonchev–Trinajstić information content (AvgIpc) is 2.14. The van der Waals surface area contributed by atoms with Gasteiger partial charge in [-0.1, -0.05) is 32.9 Å². The Morgan fingerprint density at radius 3 is 2.00 bits per heavy atom. The van der Waals surface area contributed by atoms with Gasteiger partial charge in [0.25, 0.3) is 0 Å². The molecule has 0 aliphatic heterocycles. The molecule has 0 bridgehead atoms. The normalized spacial score (nSPS) is 13.8. The molecule has 0 heterocycles. The minimum Gasteiger partial charge on any atom is -0.512 e. The van der Waals surface area contributed by atoms with Crippen LogP contribution >= 0.6 is 0 Å². The summed E-state index contributed by atoms with van der Waals surface area (Å²) in [6.45, 7) is 7.53. The van der Waals surface area contributed by atoms with E-state index in [2.05, 4.69) is 20.8 Å². The third-order valence-electron chi connectivity index (χ3n) is 2.37. The summed E-state index contributed by atoms with van der Waals surface area (Å²) in [6.07, 6.45) is 0. The van der Waals surface area contributed by atoms with Gasteiger partial charge in [0.1, 0.15) is 5.76 Å². The molecule has 0 atom stereocenters. The quantitative estimate of drug-likeness (QED) is 0.825. The smallest absolute Gasteiger partial charge is 0.203 e. The Balaban J connectivity index is 3.17. The molecule has 0 saturated heterocycles. The summed E-state index contributed by atoms with van der Waals surface area (Å²) in [5, 5.41) is 9.88. The first-order valence-electron chi connectivity index (χ1n) is 5.36. The Kier molecular flexibility index (Phi) is 3.67. The van der Waals surface area contributed by atoms with Crippen LogP contribution in [0.15, 0.2) is 40.3 Å². The summed E-state index contributed by atoms with van der Waals surface area (Å²) in [5.41, 5.74) is 1.06. The summed E-state index contributed by atoms with van der Waals surface area (Å²) >= 11 is 0. The van der Waals surface area contributed by atoms with Gasteiger partial charge >= 0.3 is 0 Å². The number of hydrogen-bond donors (Lipinski definition) is 1. The van der Waals surface area contributed by atoms with Gasteiger partial charge in [0.2, 0.25) is 9.84 Å². The molecular formula is C13H18O3S. The van der Waals surface area contributed by atoms with Crippen molar-refractivity contribution in [3.63, 3.8) is 0 Å². The van der Waals surface area contributed by atoms with Gasteiger partial charge in [-0.05, 0) is 30.0 Å². The Bertz CT molecular complexity index is 513. The predicted molar refractivity (Wildman–Crippen MR) is 68.7 cm³/mol. The largest absolute Gasteiger partial charge is 0.512 e. The minimum atomic E-state index is -3.53. The Morgan fingerprint density at radius 2 is 1.65 bits per heavy atom. The number of allylic oxidation sites excluding steroid dienone is 1. The lowest BCUT2D eigenvalue weighted by Crippen LogP contribution is -2.11. The van der Waals surface area contributed by atoms with Crippen LogP contribution in [0.3, 0.4) is 0 Å². The van der Waals surface area contributed by atoms with Crippen molar-refractivity contribution in [2.24, 2.45) is 0 Å². The number of benzene rings is 1. The number of aliphatic hydroxyl groups excluding tert-OH is 1. The van der Waals surface area contributed by atoms with Crippen molar-refractivity contribution >= 4 is 9.84 Å². The van der Waals surface area contributed by atoms with Gasteiger partial charge < -0.3 is 5.11 Å². The lowest BCUT2D eigenvalue weighted by atomic mass is 9.87. The standard InChI is InChI=1S/C13H18O3S/c1-10(14)9-17(15,16)12-7-5-11(6-8-12)13(2,3)4/h5-9,14H,1-4H3. The molecule has 1 aromatic carbocycles. The summed E-state index contributed by atoms with van der Waals surface area (Å²) < 4.78 is 23.5. The van der Waals surface area contributed by atoms with Crippen molar-refractivity contribution in [2.45, 2.75) is 38.0 Å². The fourth-order valence-electron chi connectivity index (χ4n) is 1.44. The maximum atomic E-state index is 11.8. The van der Waals surface area contributed by atoms with Crippen molar-refractivity contribution in [1.82, 2.24) is 0 Å². The zero-order valence-electron chi connectivity index (χ0n) is 10.6. The highest BCUT2D eigenvalue weighted by Gasteiger charge is 2.16. The molecule has 94 valence electrons. The van der Waals surface area contributed by atoms with Gasteiger partial charge in [-0.3, -0.25) is 0 Å². The molecule has 0 unspecified atom stereocenters. The molecule has 0 aliphatic rings. The number of sulfone groups is 1. The maximum absolute atomic E-state index is 11.8. The van der Waals surface area contributed by atoms with Crippen LogP contribution in [0, 0.1) is 0 Å². The lowest BCUT2D eigenvalue weighted by Gasteiger charge is -2.18. The third kappa shape index (κ3) is 3.60. The van der Waals surface area contributed by atoms with Crippen LogP contribution in [0.2, 0.25) is 0 Å². The molecule has 4 heteroatoms. The van der Waals surface area contributed by atoms with Crippen LogP contribution in [0.5, 0.6) is 0 Å². The maximum Gasteiger partial charge on any atom is 0.203 e. The fraction of sp³-hybridized carbons (Fsp3) is 0.385. The van der Waals surface area contributed by atoms with Gasteiger partial charge in [-0.15, -0.1) is 0 Å². The highest BCUT2D eigenvalue weighted by atomic mass is 32.2. The van der Waals surface area contributed by atoms with Crippen molar-refractivity contribution < 1.29 is 13.5 Å². The Morgan fingerprint density at radius 1 is 1.18 bits per heavy atom. The van der Waals surface area contributed by atoms with E-state index >= 15 is 0 Å². The van der Waals surface area contributed by atoms with E-state index in [1.165, 1.54) is 6.92 Å². The lowest BCUT2D eigenvalue weighted by molar-refractivity contribution is 0.415. The Labute approximate surface area is 103 Å². The molecule has 0 saturated carbocycles. The number of aliphatic hydroxyl groups is 1. The first-order chi connectivity index (χ1) is 7.63. The summed E-state index contributed by atoms with van der Waals surface area (Å²) in [4.78, 5) is 0.193. The van der Waals surface area contributed by atoms with Crippen LogP contribution in [0.25, 0.3) is 0 Å². The molecule has 1 aromatic rings. The average molecular weight is 254 g/mol. The number of rotatable bonds is 2. The van der Waals surface area contributed by atoms with Crippen LogP contribution in [0.4, 0.5) is 0 Å². The fourth-order valence-corrected chi connectivity index (χ4v) is 2.54. The molecule has 0 aromatic heterocycles. The first-order valence-corrected chi connectivity index (χ1v) is 6.90. The predicted octanol–water partition coefficient (Wildman–Crippen LogP) is 3.18. The first kappa shape index (κ1) is 13.8.